The first-order valence-electron chi connectivity index (χ1n) is 7.63. The van der Waals surface area contributed by atoms with Gasteiger partial charge in [-0.15, -0.1) is 11.3 Å². The average molecular weight is 340 g/mol. The van der Waals surface area contributed by atoms with Crippen molar-refractivity contribution in [1.82, 2.24) is 10.6 Å². The monoisotopic (exact) mass is 340 g/mol. The maximum atomic E-state index is 11.9. The van der Waals surface area contributed by atoms with Crippen LogP contribution in [0.5, 0.6) is 0 Å². The van der Waals surface area contributed by atoms with Gasteiger partial charge >= 0.3 is 5.97 Å². The molecule has 0 fully saturated rings. The van der Waals surface area contributed by atoms with Crippen molar-refractivity contribution in [3.05, 3.63) is 22.4 Å². The van der Waals surface area contributed by atoms with Crippen molar-refractivity contribution in [2.45, 2.75) is 39.2 Å². The Balaban J connectivity index is 2.29. The first-order chi connectivity index (χ1) is 10.9. The molecule has 0 aliphatic rings. The Morgan fingerprint density at radius 3 is 2.61 bits per heavy atom. The largest absolute Gasteiger partial charge is 0.467 e. The van der Waals surface area contributed by atoms with Gasteiger partial charge in [0, 0.05) is 13.0 Å². The third-order valence-electron chi connectivity index (χ3n) is 3.14. The lowest BCUT2D eigenvalue weighted by Crippen LogP contribution is -2.42. The molecule has 0 saturated heterocycles. The van der Waals surface area contributed by atoms with Gasteiger partial charge in [0.25, 0.3) is 5.91 Å². The molecule has 23 heavy (non-hydrogen) atoms. The summed E-state index contributed by atoms with van der Waals surface area (Å²) < 4.78 is 4.70. The molecule has 0 radical (unpaired) electrons. The molecule has 1 aromatic rings. The molecule has 0 bridgehead atoms. The Morgan fingerprint density at radius 1 is 1.30 bits per heavy atom. The van der Waals surface area contributed by atoms with Crippen molar-refractivity contribution in [1.29, 1.82) is 0 Å². The first kappa shape index (κ1) is 19.2. The number of esters is 1. The molecule has 0 unspecified atom stereocenters. The minimum atomic E-state index is -0.617. The van der Waals surface area contributed by atoms with E-state index in [4.69, 9.17) is 4.74 Å². The van der Waals surface area contributed by atoms with Crippen LogP contribution in [0.4, 0.5) is 0 Å². The smallest absolute Gasteiger partial charge is 0.328 e. The fourth-order valence-corrected chi connectivity index (χ4v) is 2.68. The van der Waals surface area contributed by atoms with Gasteiger partial charge in [0.1, 0.15) is 6.04 Å². The van der Waals surface area contributed by atoms with Gasteiger partial charge in [-0.1, -0.05) is 19.9 Å². The van der Waals surface area contributed by atoms with E-state index in [1.165, 1.54) is 18.4 Å². The molecule has 2 N–H and O–H groups in total. The maximum absolute atomic E-state index is 11.9. The predicted molar refractivity (Wildman–Crippen MR) is 89.3 cm³/mol. The number of carbonyl (C=O) groups excluding carboxylic acids is 3. The van der Waals surface area contributed by atoms with Crippen molar-refractivity contribution in [2.75, 3.05) is 13.7 Å². The highest BCUT2D eigenvalue weighted by Crippen LogP contribution is 2.08. The van der Waals surface area contributed by atoms with Crippen LogP contribution in [-0.4, -0.2) is 37.5 Å². The molecule has 2 amide bonds. The topological polar surface area (TPSA) is 84.5 Å². The fraction of sp³-hybridized carbons (Fsp3) is 0.562. The van der Waals surface area contributed by atoms with Crippen LogP contribution in [0.1, 0.15) is 42.8 Å². The summed E-state index contributed by atoms with van der Waals surface area (Å²) in [6.07, 6.45) is 1.29. The third kappa shape index (κ3) is 7.27. The Hall–Kier alpha value is -1.89. The second-order valence-corrected chi connectivity index (χ2v) is 6.56. The molecule has 0 aromatic carbocycles. The van der Waals surface area contributed by atoms with Crippen LogP contribution in [0.2, 0.25) is 0 Å². The molecule has 1 heterocycles. The summed E-state index contributed by atoms with van der Waals surface area (Å²) in [5.41, 5.74) is 0. The van der Waals surface area contributed by atoms with Crippen LogP contribution in [0.25, 0.3) is 0 Å². The second-order valence-electron chi connectivity index (χ2n) is 5.61. The van der Waals surface area contributed by atoms with Gasteiger partial charge in [0.15, 0.2) is 0 Å². The highest BCUT2D eigenvalue weighted by Gasteiger charge is 2.22. The van der Waals surface area contributed by atoms with Crippen LogP contribution in [0.3, 0.4) is 0 Å². The summed E-state index contributed by atoms with van der Waals surface area (Å²) >= 11 is 1.37. The predicted octanol–water partition coefficient (Wildman–Crippen LogP) is 1.96. The van der Waals surface area contributed by atoms with Crippen molar-refractivity contribution >= 4 is 29.1 Å². The minimum Gasteiger partial charge on any atom is -0.467 e. The number of amides is 2. The van der Waals surface area contributed by atoms with Crippen LogP contribution in [0, 0.1) is 5.92 Å². The Kier molecular flexibility index (Phi) is 8.32. The lowest BCUT2D eigenvalue weighted by molar-refractivity contribution is -0.145. The van der Waals surface area contributed by atoms with E-state index >= 15 is 0 Å². The number of carbonyl (C=O) groups is 3. The molecule has 0 saturated carbocycles. The van der Waals surface area contributed by atoms with Crippen molar-refractivity contribution < 1.29 is 19.1 Å². The first-order valence-corrected chi connectivity index (χ1v) is 8.51. The third-order valence-corrected chi connectivity index (χ3v) is 4.01. The number of nitrogens with one attached hydrogen (secondary N) is 2. The van der Waals surface area contributed by atoms with Gasteiger partial charge in [-0.2, -0.15) is 0 Å². The SMILES string of the molecule is COC(=O)[C@@H](CC(C)C)NC(=O)CCCNC(=O)c1cccs1. The zero-order valence-electron chi connectivity index (χ0n) is 13.8. The van der Waals surface area contributed by atoms with Gasteiger partial charge < -0.3 is 15.4 Å². The fourth-order valence-electron chi connectivity index (χ4n) is 2.04. The molecule has 6 nitrogen and oxygen atoms in total. The molecule has 0 aliphatic heterocycles. The number of hydrogen-bond donors (Lipinski definition) is 2. The zero-order chi connectivity index (χ0) is 17.2. The summed E-state index contributed by atoms with van der Waals surface area (Å²) in [6, 6.07) is 2.95. The van der Waals surface area contributed by atoms with Crippen LogP contribution >= 0.6 is 11.3 Å². The average Bonchev–Trinajstić information content (AvgIpc) is 3.03. The lowest BCUT2D eigenvalue weighted by Gasteiger charge is -2.18. The van der Waals surface area contributed by atoms with E-state index in [-0.39, 0.29) is 24.2 Å². The summed E-state index contributed by atoms with van der Waals surface area (Å²) in [6.45, 7) is 4.36. The van der Waals surface area contributed by atoms with E-state index in [1.54, 1.807) is 6.07 Å². The molecule has 0 aliphatic carbocycles. The zero-order valence-corrected chi connectivity index (χ0v) is 14.6. The lowest BCUT2D eigenvalue weighted by atomic mass is 10.0. The standard InChI is InChI=1S/C16H24N2O4S/c1-11(2)10-12(16(21)22-3)18-14(19)7-4-8-17-15(20)13-6-5-9-23-13/h5-6,9,11-12H,4,7-8,10H2,1-3H3,(H,17,20)(H,18,19)/t12-/m1/s1. The van der Waals surface area contributed by atoms with Crippen LogP contribution < -0.4 is 10.6 Å². The van der Waals surface area contributed by atoms with Gasteiger partial charge in [-0.05, 0) is 30.2 Å². The second kappa shape index (κ2) is 9.99. The van der Waals surface area contributed by atoms with E-state index in [0.717, 1.165) is 0 Å². The molecular formula is C16H24N2O4S. The highest BCUT2D eigenvalue weighted by atomic mass is 32.1. The van der Waals surface area contributed by atoms with Gasteiger partial charge in [-0.3, -0.25) is 9.59 Å². The quantitative estimate of drug-likeness (QED) is 0.532. The molecule has 1 aromatic heterocycles. The molecule has 1 rings (SSSR count). The Morgan fingerprint density at radius 2 is 2.04 bits per heavy atom. The van der Waals surface area contributed by atoms with Crippen molar-refractivity contribution in [3.63, 3.8) is 0 Å². The van der Waals surface area contributed by atoms with Crippen LogP contribution in [-0.2, 0) is 14.3 Å². The molecule has 0 spiro atoms. The van der Waals surface area contributed by atoms with Crippen molar-refractivity contribution in [2.24, 2.45) is 5.92 Å². The summed E-state index contributed by atoms with van der Waals surface area (Å²) in [7, 11) is 1.31. The Labute approximate surface area is 140 Å². The minimum absolute atomic E-state index is 0.132. The number of ether oxygens (including phenoxy) is 1. The number of hydrogen-bond acceptors (Lipinski definition) is 5. The van der Waals surface area contributed by atoms with Crippen molar-refractivity contribution in [3.8, 4) is 0 Å². The van der Waals surface area contributed by atoms with E-state index < -0.39 is 12.0 Å². The molecular weight excluding hydrogens is 316 g/mol. The van der Waals surface area contributed by atoms with E-state index in [9.17, 15) is 14.4 Å². The number of rotatable bonds is 9. The number of methoxy groups -OCH3 is 1. The number of thiophene rings is 1. The summed E-state index contributed by atoms with van der Waals surface area (Å²) in [5, 5.41) is 7.29. The molecule has 1 atom stereocenters. The van der Waals surface area contributed by atoms with E-state index in [0.29, 0.717) is 24.3 Å². The summed E-state index contributed by atoms with van der Waals surface area (Å²) in [4.78, 5) is 35.9. The normalized spacial score (nSPS) is 11.8. The molecule has 7 heteroatoms. The van der Waals surface area contributed by atoms with Gasteiger partial charge in [0.2, 0.25) is 5.91 Å². The molecule has 128 valence electrons. The highest BCUT2D eigenvalue weighted by molar-refractivity contribution is 7.12. The summed E-state index contributed by atoms with van der Waals surface area (Å²) in [5.74, 6) is -0.512. The maximum Gasteiger partial charge on any atom is 0.328 e. The van der Waals surface area contributed by atoms with Gasteiger partial charge in [-0.25, -0.2) is 4.79 Å². The van der Waals surface area contributed by atoms with Gasteiger partial charge in [0.05, 0.1) is 12.0 Å². The van der Waals surface area contributed by atoms with E-state index in [2.05, 4.69) is 10.6 Å². The Bertz CT molecular complexity index is 514. The van der Waals surface area contributed by atoms with E-state index in [1.807, 2.05) is 25.3 Å². The van der Waals surface area contributed by atoms with Crippen LogP contribution in [0.15, 0.2) is 17.5 Å².